The minimum Gasteiger partial charge on any atom is -0.478 e. The molecule has 0 bridgehead atoms. The maximum atomic E-state index is 11.2. The van der Waals surface area contributed by atoms with Crippen LogP contribution in [-0.4, -0.2) is 23.7 Å². The van der Waals surface area contributed by atoms with Crippen molar-refractivity contribution in [2.45, 2.75) is 20.3 Å². The first-order chi connectivity index (χ1) is 8.95. The second kappa shape index (κ2) is 6.58. The molecule has 3 N–H and O–H groups in total. The second-order valence-electron chi connectivity index (χ2n) is 4.03. The molecule has 0 saturated heterocycles. The Hall–Kier alpha value is -2.30. The Balaban J connectivity index is 2.92. The molecule has 0 saturated carbocycles. The summed E-state index contributed by atoms with van der Waals surface area (Å²) in [6.45, 7) is 3.86. The molecule has 0 heterocycles. The molecule has 1 rings (SSSR count). The van der Waals surface area contributed by atoms with E-state index in [-0.39, 0.29) is 23.6 Å². The summed E-state index contributed by atoms with van der Waals surface area (Å²) >= 11 is 0. The Morgan fingerprint density at radius 2 is 2.11 bits per heavy atom. The first kappa shape index (κ1) is 14.8. The molecule has 0 atom stereocenters. The molecule has 19 heavy (non-hydrogen) atoms. The summed E-state index contributed by atoms with van der Waals surface area (Å²) in [6, 6.07) is 3.28. The number of aromatic carboxylic acids is 1. The number of nitrogens with two attached hydrogens (primary N) is 1. The Bertz CT molecular complexity index is 520. The number of esters is 1. The summed E-state index contributed by atoms with van der Waals surface area (Å²) in [5.74, 6) is -1.40. The van der Waals surface area contributed by atoms with E-state index in [0.29, 0.717) is 12.2 Å². The fraction of sp³-hybridized carbons (Fsp3) is 0.286. The number of carboxylic acid groups (broad SMARTS) is 1. The van der Waals surface area contributed by atoms with E-state index in [1.807, 2.05) is 0 Å². The zero-order chi connectivity index (χ0) is 14.4. The lowest BCUT2D eigenvalue weighted by atomic mass is 10.0. The molecule has 0 fully saturated rings. The van der Waals surface area contributed by atoms with E-state index < -0.39 is 5.97 Å². The summed E-state index contributed by atoms with van der Waals surface area (Å²) in [5, 5.41) is 9.02. The van der Waals surface area contributed by atoms with E-state index in [4.69, 9.17) is 15.6 Å². The largest absolute Gasteiger partial charge is 0.478 e. The molecule has 0 aliphatic carbocycles. The van der Waals surface area contributed by atoms with Crippen LogP contribution in [0.5, 0.6) is 0 Å². The van der Waals surface area contributed by atoms with Crippen molar-refractivity contribution in [3.8, 4) is 0 Å². The smallest absolute Gasteiger partial charge is 0.337 e. The standard InChI is InChI=1S/C14H17NO4/c1-3-19-12(16)6-4-5-10-7-9(2)8-11(13(10)15)14(17)18/h4-5,7-8H,3,6,15H2,1-2H3,(H,17,18). The number of benzene rings is 1. The third-order valence-corrected chi connectivity index (χ3v) is 2.47. The Morgan fingerprint density at radius 1 is 1.42 bits per heavy atom. The number of rotatable bonds is 5. The van der Waals surface area contributed by atoms with Crippen LogP contribution in [0.4, 0.5) is 5.69 Å². The van der Waals surface area contributed by atoms with Crippen LogP contribution >= 0.6 is 0 Å². The lowest BCUT2D eigenvalue weighted by molar-refractivity contribution is -0.142. The van der Waals surface area contributed by atoms with Crippen LogP contribution in [-0.2, 0) is 9.53 Å². The Labute approximate surface area is 111 Å². The van der Waals surface area contributed by atoms with E-state index in [1.165, 1.54) is 6.07 Å². The normalized spacial score (nSPS) is 10.6. The predicted molar refractivity (Wildman–Crippen MR) is 72.8 cm³/mol. The molecule has 0 unspecified atom stereocenters. The first-order valence-corrected chi connectivity index (χ1v) is 5.91. The van der Waals surface area contributed by atoms with Crippen molar-refractivity contribution in [2.75, 3.05) is 12.3 Å². The van der Waals surface area contributed by atoms with E-state index in [0.717, 1.165) is 5.56 Å². The SMILES string of the molecule is CCOC(=O)CC=Cc1cc(C)cc(C(=O)O)c1N. The quantitative estimate of drug-likeness (QED) is 0.628. The van der Waals surface area contributed by atoms with Crippen molar-refractivity contribution >= 4 is 23.7 Å². The van der Waals surface area contributed by atoms with Gasteiger partial charge in [-0.15, -0.1) is 0 Å². The van der Waals surface area contributed by atoms with Gasteiger partial charge in [-0.2, -0.15) is 0 Å². The fourth-order valence-corrected chi connectivity index (χ4v) is 1.64. The molecule has 5 nitrogen and oxygen atoms in total. The van der Waals surface area contributed by atoms with Gasteiger partial charge in [0.2, 0.25) is 0 Å². The lowest BCUT2D eigenvalue weighted by Gasteiger charge is -2.07. The number of anilines is 1. The highest BCUT2D eigenvalue weighted by Crippen LogP contribution is 2.21. The van der Waals surface area contributed by atoms with Gasteiger partial charge in [-0.1, -0.05) is 12.2 Å². The van der Waals surface area contributed by atoms with Crippen molar-refractivity contribution in [1.82, 2.24) is 0 Å². The predicted octanol–water partition coefficient (Wildman–Crippen LogP) is 2.24. The molecule has 0 aromatic heterocycles. The minimum absolute atomic E-state index is 0.0655. The summed E-state index contributed by atoms with van der Waals surface area (Å²) in [4.78, 5) is 22.2. The number of carbonyl (C=O) groups excluding carboxylic acids is 1. The Kier molecular flexibility index (Phi) is 5.11. The monoisotopic (exact) mass is 263 g/mol. The van der Waals surface area contributed by atoms with E-state index >= 15 is 0 Å². The van der Waals surface area contributed by atoms with Crippen LogP contribution in [0.1, 0.15) is 34.8 Å². The van der Waals surface area contributed by atoms with Gasteiger partial charge < -0.3 is 15.6 Å². The second-order valence-corrected chi connectivity index (χ2v) is 4.03. The van der Waals surface area contributed by atoms with Gasteiger partial charge in [-0.25, -0.2) is 4.79 Å². The zero-order valence-corrected chi connectivity index (χ0v) is 11.0. The third kappa shape index (κ3) is 4.13. The van der Waals surface area contributed by atoms with Crippen LogP contribution in [0.3, 0.4) is 0 Å². The topological polar surface area (TPSA) is 89.6 Å². The highest BCUT2D eigenvalue weighted by molar-refractivity contribution is 5.96. The van der Waals surface area contributed by atoms with Crippen molar-refractivity contribution in [1.29, 1.82) is 0 Å². The molecule has 0 aliphatic heterocycles. The maximum Gasteiger partial charge on any atom is 0.337 e. The third-order valence-electron chi connectivity index (χ3n) is 2.47. The number of aryl methyl sites for hydroxylation is 1. The van der Waals surface area contributed by atoms with Gasteiger partial charge >= 0.3 is 11.9 Å². The highest BCUT2D eigenvalue weighted by atomic mass is 16.5. The molecule has 1 aromatic carbocycles. The number of hydrogen-bond donors (Lipinski definition) is 2. The van der Waals surface area contributed by atoms with Crippen LogP contribution in [0, 0.1) is 6.92 Å². The molecule has 5 heteroatoms. The van der Waals surface area contributed by atoms with E-state index in [9.17, 15) is 9.59 Å². The average molecular weight is 263 g/mol. The number of ether oxygens (including phenoxy) is 1. The van der Waals surface area contributed by atoms with Gasteiger partial charge in [0.1, 0.15) is 0 Å². The van der Waals surface area contributed by atoms with Gasteiger partial charge in [0.15, 0.2) is 0 Å². The summed E-state index contributed by atoms with van der Waals surface area (Å²) in [5.41, 5.74) is 7.42. The van der Waals surface area contributed by atoms with E-state index in [1.54, 1.807) is 32.1 Å². The fourth-order valence-electron chi connectivity index (χ4n) is 1.64. The van der Waals surface area contributed by atoms with Crippen molar-refractivity contribution in [2.24, 2.45) is 0 Å². The van der Waals surface area contributed by atoms with Gasteiger partial charge in [-0.3, -0.25) is 4.79 Å². The van der Waals surface area contributed by atoms with Crippen LogP contribution in [0.25, 0.3) is 6.08 Å². The number of nitrogen functional groups attached to an aromatic ring is 1. The van der Waals surface area contributed by atoms with Crippen molar-refractivity contribution in [3.63, 3.8) is 0 Å². The molecule has 102 valence electrons. The number of hydrogen-bond acceptors (Lipinski definition) is 4. The molecular weight excluding hydrogens is 246 g/mol. The molecule has 1 aromatic rings. The molecule has 0 spiro atoms. The lowest BCUT2D eigenvalue weighted by Crippen LogP contribution is -2.05. The summed E-state index contributed by atoms with van der Waals surface area (Å²) < 4.78 is 4.78. The van der Waals surface area contributed by atoms with Gasteiger partial charge in [0.05, 0.1) is 24.3 Å². The molecular formula is C14H17NO4. The van der Waals surface area contributed by atoms with Crippen LogP contribution in [0.2, 0.25) is 0 Å². The van der Waals surface area contributed by atoms with Gasteiger partial charge in [0.25, 0.3) is 0 Å². The maximum absolute atomic E-state index is 11.2. The molecule has 0 aliphatic rings. The highest BCUT2D eigenvalue weighted by Gasteiger charge is 2.11. The van der Waals surface area contributed by atoms with Crippen LogP contribution in [0.15, 0.2) is 18.2 Å². The van der Waals surface area contributed by atoms with E-state index in [2.05, 4.69) is 0 Å². The Morgan fingerprint density at radius 3 is 2.68 bits per heavy atom. The summed E-state index contributed by atoms with van der Waals surface area (Å²) in [6.07, 6.45) is 3.37. The average Bonchev–Trinajstić information content (AvgIpc) is 2.33. The van der Waals surface area contributed by atoms with Gasteiger partial charge in [-0.05, 0) is 37.1 Å². The van der Waals surface area contributed by atoms with Crippen LogP contribution < -0.4 is 5.73 Å². The van der Waals surface area contributed by atoms with Crippen molar-refractivity contribution < 1.29 is 19.4 Å². The zero-order valence-electron chi connectivity index (χ0n) is 11.0. The molecule has 0 radical (unpaired) electrons. The minimum atomic E-state index is -1.07. The van der Waals surface area contributed by atoms with Crippen molar-refractivity contribution in [3.05, 3.63) is 34.9 Å². The molecule has 0 amide bonds. The number of carboxylic acids is 1. The summed E-state index contributed by atoms with van der Waals surface area (Å²) in [7, 11) is 0. The van der Waals surface area contributed by atoms with Gasteiger partial charge in [0, 0.05) is 0 Å². The number of carbonyl (C=O) groups is 2. The first-order valence-electron chi connectivity index (χ1n) is 5.91.